The summed E-state index contributed by atoms with van der Waals surface area (Å²) in [5.74, 6) is 0. The lowest BCUT2D eigenvalue weighted by Gasteiger charge is -2.40. The molecule has 2 aromatic heterocycles. The van der Waals surface area contributed by atoms with Crippen LogP contribution < -0.4 is 0 Å². The van der Waals surface area contributed by atoms with Crippen LogP contribution in [0, 0.1) is 0 Å². The van der Waals surface area contributed by atoms with Crippen molar-refractivity contribution in [2.24, 2.45) is 7.05 Å². The minimum atomic E-state index is 0.616. The molecule has 0 radical (unpaired) electrons. The number of ether oxygens (including phenoxy) is 1. The second kappa shape index (κ2) is 8.20. The summed E-state index contributed by atoms with van der Waals surface area (Å²) in [6, 6.07) is 0.616. The van der Waals surface area contributed by atoms with E-state index in [1.54, 1.807) is 18.4 Å². The molecule has 0 N–H and O–H groups in total. The van der Waals surface area contributed by atoms with Crippen LogP contribution >= 0.6 is 11.3 Å². The summed E-state index contributed by atoms with van der Waals surface area (Å²) >= 11 is 1.70. The lowest BCUT2D eigenvalue weighted by molar-refractivity contribution is 0.0461. The van der Waals surface area contributed by atoms with Crippen molar-refractivity contribution >= 4 is 11.3 Å². The molecule has 3 rings (SSSR count). The molecule has 0 bridgehead atoms. The van der Waals surface area contributed by atoms with Crippen LogP contribution in [0.15, 0.2) is 17.8 Å². The molecule has 7 heteroatoms. The Morgan fingerprint density at radius 3 is 2.96 bits per heavy atom. The second-order valence-corrected chi connectivity index (χ2v) is 7.23. The summed E-state index contributed by atoms with van der Waals surface area (Å²) in [5.41, 5.74) is 2.27. The SMILES string of the molecule is CCC1CN(Cc2csc(-c3cnn(C)c3)n2)CCN1CCOC. The number of methoxy groups -OCH3 is 1. The molecule has 3 heterocycles. The van der Waals surface area contributed by atoms with E-state index < -0.39 is 0 Å². The number of aryl methyl sites for hydroxylation is 1. The minimum Gasteiger partial charge on any atom is -0.383 e. The smallest absolute Gasteiger partial charge is 0.126 e. The molecule has 0 aliphatic carbocycles. The van der Waals surface area contributed by atoms with Crippen LogP contribution in [0.5, 0.6) is 0 Å². The Bertz CT molecular complexity index is 640. The van der Waals surface area contributed by atoms with Crippen LogP contribution in [0.2, 0.25) is 0 Å². The first-order valence-electron chi connectivity index (χ1n) is 8.58. The minimum absolute atomic E-state index is 0.616. The number of nitrogens with zero attached hydrogens (tertiary/aromatic N) is 5. The predicted octanol–water partition coefficient (Wildman–Crippen LogP) is 2.09. The molecule has 1 aliphatic rings. The lowest BCUT2D eigenvalue weighted by Crippen LogP contribution is -2.53. The van der Waals surface area contributed by atoms with E-state index in [1.165, 1.54) is 12.1 Å². The third-order valence-corrected chi connectivity index (χ3v) is 5.57. The first kappa shape index (κ1) is 17.5. The van der Waals surface area contributed by atoms with Crippen molar-refractivity contribution in [1.29, 1.82) is 0 Å². The quantitative estimate of drug-likeness (QED) is 0.766. The molecule has 0 amide bonds. The Morgan fingerprint density at radius 1 is 1.38 bits per heavy atom. The molecule has 1 aliphatic heterocycles. The van der Waals surface area contributed by atoms with E-state index in [-0.39, 0.29) is 0 Å². The van der Waals surface area contributed by atoms with Crippen LogP contribution in [0.25, 0.3) is 10.6 Å². The van der Waals surface area contributed by atoms with Gasteiger partial charge in [0.05, 0.1) is 18.5 Å². The van der Waals surface area contributed by atoms with E-state index >= 15 is 0 Å². The van der Waals surface area contributed by atoms with Gasteiger partial charge in [-0.15, -0.1) is 11.3 Å². The van der Waals surface area contributed by atoms with E-state index in [4.69, 9.17) is 9.72 Å². The number of piperazine rings is 1. The van der Waals surface area contributed by atoms with Gasteiger partial charge in [0.25, 0.3) is 0 Å². The zero-order chi connectivity index (χ0) is 16.9. The van der Waals surface area contributed by atoms with Crippen molar-refractivity contribution in [2.75, 3.05) is 39.9 Å². The molecule has 0 aromatic carbocycles. The van der Waals surface area contributed by atoms with Crippen molar-refractivity contribution in [3.8, 4) is 10.6 Å². The first-order chi connectivity index (χ1) is 11.7. The largest absolute Gasteiger partial charge is 0.383 e. The molecule has 0 spiro atoms. The summed E-state index contributed by atoms with van der Waals surface area (Å²) in [5, 5.41) is 7.47. The van der Waals surface area contributed by atoms with Crippen molar-refractivity contribution in [2.45, 2.75) is 25.9 Å². The average molecular weight is 350 g/mol. The van der Waals surface area contributed by atoms with Crippen LogP contribution in [0.3, 0.4) is 0 Å². The fourth-order valence-electron chi connectivity index (χ4n) is 3.26. The van der Waals surface area contributed by atoms with Gasteiger partial charge in [-0.05, 0) is 6.42 Å². The molecule has 1 atom stereocenters. The highest BCUT2D eigenvalue weighted by Crippen LogP contribution is 2.24. The Morgan fingerprint density at radius 2 is 2.25 bits per heavy atom. The third-order valence-electron chi connectivity index (χ3n) is 4.63. The number of hydrogen-bond acceptors (Lipinski definition) is 6. The summed E-state index contributed by atoms with van der Waals surface area (Å²) in [6.07, 6.45) is 5.08. The molecule has 132 valence electrons. The maximum Gasteiger partial charge on any atom is 0.126 e. The standard InChI is InChI=1S/C17H27N5OS/c1-4-16-12-21(5-6-22(16)7-8-23-3)11-15-13-24-17(19-15)14-9-18-20(2)10-14/h9-10,13,16H,4-8,11-12H2,1-3H3. The number of aromatic nitrogens is 3. The first-order valence-corrected chi connectivity index (χ1v) is 9.46. The normalized spacial score (nSPS) is 19.9. The van der Waals surface area contributed by atoms with Crippen LogP contribution in [0.1, 0.15) is 19.0 Å². The van der Waals surface area contributed by atoms with Gasteiger partial charge in [0, 0.05) is 70.1 Å². The molecule has 1 saturated heterocycles. The Labute approximate surface area is 148 Å². The van der Waals surface area contributed by atoms with E-state index in [9.17, 15) is 0 Å². The van der Waals surface area contributed by atoms with Crippen molar-refractivity contribution in [3.05, 3.63) is 23.5 Å². The summed E-state index contributed by atoms with van der Waals surface area (Å²) in [7, 11) is 3.71. The van der Waals surface area contributed by atoms with Crippen LogP contribution in [-0.2, 0) is 18.3 Å². The molecule has 1 unspecified atom stereocenters. The van der Waals surface area contributed by atoms with Gasteiger partial charge in [0.1, 0.15) is 5.01 Å². The van der Waals surface area contributed by atoms with E-state index in [2.05, 4.69) is 27.2 Å². The predicted molar refractivity (Wildman–Crippen MR) is 97.1 cm³/mol. The third kappa shape index (κ3) is 4.22. The fourth-order valence-corrected chi connectivity index (χ4v) is 4.05. The van der Waals surface area contributed by atoms with Gasteiger partial charge in [0.2, 0.25) is 0 Å². The van der Waals surface area contributed by atoms with E-state index in [1.807, 2.05) is 24.1 Å². The Kier molecular flexibility index (Phi) is 5.99. The molecule has 6 nitrogen and oxygen atoms in total. The Balaban J connectivity index is 1.58. The molecule has 1 fully saturated rings. The summed E-state index contributed by atoms with van der Waals surface area (Å²) in [4.78, 5) is 9.88. The van der Waals surface area contributed by atoms with Gasteiger partial charge in [-0.1, -0.05) is 6.92 Å². The maximum absolute atomic E-state index is 5.24. The zero-order valence-corrected chi connectivity index (χ0v) is 15.6. The van der Waals surface area contributed by atoms with Gasteiger partial charge in [-0.3, -0.25) is 14.5 Å². The number of hydrogen-bond donors (Lipinski definition) is 0. The van der Waals surface area contributed by atoms with Gasteiger partial charge in [0.15, 0.2) is 0 Å². The molecular formula is C17H27N5OS. The van der Waals surface area contributed by atoms with Crippen LogP contribution in [-0.4, -0.2) is 70.5 Å². The van der Waals surface area contributed by atoms with Gasteiger partial charge in [-0.25, -0.2) is 4.98 Å². The van der Waals surface area contributed by atoms with Crippen molar-refractivity contribution < 1.29 is 4.74 Å². The summed E-state index contributed by atoms with van der Waals surface area (Å²) < 4.78 is 7.06. The maximum atomic E-state index is 5.24. The highest BCUT2D eigenvalue weighted by Gasteiger charge is 2.25. The molecular weight excluding hydrogens is 322 g/mol. The van der Waals surface area contributed by atoms with Crippen LogP contribution in [0.4, 0.5) is 0 Å². The fraction of sp³-hybridized carbons (Fsp3) is 0.647. The van der Waals surface area contributed by atoms with Crippen molar-refractivity contribution in [3.63, 3.8) is 0 Å². The monoisotopic (exact) mass is 349 g/mol. The van der Waals surface area contributed by atoms with Crippen molar-refractivity contribution in [1.82, 2.24) is 24.6 Å². The second-order valence-electron chi connectivity index (χ2n) is 6.37. The van der Waals surface area contributed by atoms with Gasteiger partial charge in [-0.2, -0.15) is 5.10 Å². The highest BCUT2D eigenvalue weighted by molar-refractivity contribution is 7.13. The van der Waals surface area contributed by atoms with E-state index in [0.29, 0.717) is 6.04 Å². The Hall–Kier alpha value is -1.28. The average Bonchev–Trinajstić information content (AvgIpc) is 3.22. The highest BCUT2D eigenvalue weighted by atomic mass is 32.1. The lowest BCUT2D eigenvalue weighted by atomic mass is 10.1. The molecule has 0 saturated carbocycles. The topological polar surface area (TPSA) is 46.4 Å². The molecule has 2 aromatic rings. The van der Waals surface area contributed by atoms with E-state index in [0.717, 1.165) is 49.9 Å². The zero-order valence-electron chi connectivity index (χ0n) is 14.8. The summed E-state index contributed by atoms with van der Waals surface area (Å²) in [6.45, 7) is 8.38. The number of thiazole rings is 1. The van der Waals surface area contributed by atoms with Gasteiger partial charge < -0.3 is 4.74 Å². The molecule has 24 heavy (non-hydrogen) atoms. The number of rotatable bonds is 7. The van der Waals surface area contributed by atoms with Gasteiger partial charge >= 0.3 is 0 Å².